The Morgan fingerprint density at radius 1 is 1.47 bits per heavy atom. The minimum Gasteiger partial charge on any atom is -0.432 e. The van der Waals surface area contributed by atoms with Crippen LogP contribution in [0.1, 0.15) is 13.3 Å². The first-order valence-electron chi connectivity index (χ1n) is 5.90. The first-order valence-corrected chi connectivity index (χ1v) is 6.69. The molecule has 2 rings (SSSR count). The van der Waals surface area contributed by atoms with Crippen molar-refractivity contribution < 1.29 is 4.74 Å². The highest BCUT2D eigenvalue weighted by Gasteiger charge is 2.09. The van der Waals surface area contributed by atoms with Crippen molar-refractivity contribution in [1.29, 1.82) is 0 Å². The van der Waals surface area contributed by atoms with Gasteiger partial charge in [0.15, 0.2) is 5.75 Å². The fourth-order valence-corrected chi connectivity index (χ4v) is 2.01. The van der Waals surface area contributed by atoms with Crippen molar-refractivity contribution in [3.05, 3.63) is 45.4 Å². The average Bonchev–Trinajstić information content (AvgIpc) is 2.37. The molecular weight excluding hydrogens is 310 g/mol. The maximum atomic E-state index is 12.1. The largest absolute Gasteiger partial charge is 0.432 e. The van der Waals surface area contributed by atoms with Gasteiger partial charge < -0.3 is 15.0 Å². The molecule has 0 amide bonds. The van der Waals surface area contributed by atoms with Crippen LogP contribution in [0.3, 0.4) is 0 Å². The Morgan fingerprint density at radius 3 is 2.95 bits per heavy atom. The van der Waals surface area contributed by atoms with Gasteiger partial charge in [-0.15, -0.1) is 0 Å². The van der Waals surface area contributed by atoms with E-state index < -0.39 is 0 Å². The van der Waals surface area contributed by atoms with Crippen LogP contribution in [0, 0.1) is 0 Å². The molecule has 1 heterocycles. The third-order valence-corrected chi connectivity index (χ3v) is 3.02. The van der Waals surface area contributed by atoms with Gasteiger partial charge >= 0.3 is 5.56 Å². The lowest BCUT2D eigenvalue weighted by molar-refractivity contribution is 0.445. The second-order valence-corrected chi connectivity index (χ2v) is 4.93. The molecule has 100 valence electrons. The van der Waals surface area contributed by atoms with E-state index in [-0.39, 0.29) is 11.4 Å². The summed E-state index contributed by atoms with van der Waals surface area (Å²) < 4.78 is 7.91. The van der Waals surface area contributed by atoms with E-state index in [1.807, 2.05) is 6.92 Å². The molecule has 0 spiro atoms. The predicted octanol–water partition coefficient (Wildman–Crippen LogP) is 2.79. The van der Waals surface area contributed by atoms with Crippen molar-refractivity contribution in [3.63, 3.8) is 0 Å². The number of nitrogen functional groups attached to an aromatic ring is 1. The van der Waals surface area contributed by atoms with Crippen molar-refractivity contribution in [1.82, 2.24) is 9.55 Å². The van der Waals surface area contributed by atoms with E-state index in [4.69, 9.17) is 10.5 Å². The first-order chi connectivity index (χ1) is 9.11. The molecule has 0 fully saturated rings. The molecule has 1 aromatic carbocycles. The summed E-state index contributed by atoms with van der Waals surface area (Å²) in [7, 11) is 0. The van der Waals surface area contributed by atoms with Crippen LogP contribution in [-0.2, 0) is 6.54 Å². The quantitative estimate of drug-likeness (QED) is 0.878. The Morgan fingerprint density at radius 2 is 2.26 bits per heavy atom. The zero-order valence-corrected chi connectivity index (χ0v) is 12.1. The second-order valence-electron chi connectivity index (χ2n) is 4.02. The molecule has 19 heavy (non-hydrogen) atoms. The SMILES string of the molecule is CCCn1ccnc(Oc2ccc(Br)cc2N)c1=O. The molecular formula is C13H14BrN3O2. The van der Waals surface area contributed by atoms with Gasteiger partial charge in [-0.2, -0.15) is 0 Å². The van der Waals surface area contributed by atoms with Crippen LogP contribution in [0.4, 0.5) is 5.69 Å². The highest BCUT2D eigenvalue weighted by atomic mass is 79.9. The van der Waals surface area contributed by atoms with E-state index >= 15 is 0 Å². The fraction of sp³-hybridized carbons (Fsp3) is 0.231. The van der Waals surface area contributed by atoms with Crippen molar-refractivity contribution in [3.8, 4) is 11.6 Å². The lowest BCUT2D eigenvalue weighted by atomic mass is 10.3. The monoisotopic (exact) mass is 323 g/mol. The van der Waals surface area contributed by atoms with E-state index in [1.165, 1.54) is 0 Å². The minimum atomic E-state index is -0.258. The number of aromatic nitrogens is 2. The van der Waals surface area contributed by atoms with Crippen LogP contribution in [0.2, 0.25) is 0 Å². The molecule has 0 aliphatic heterocycles. The summed E-state index contributed by atoms with van der Waals surface area (Å²) in [5.74, 6) is 0.451. The van der Waals surface area contributed by atoms with E-state index in [9.17, 15) is 4.79 Å². The lowest BCUT2D eigenvalue weighted by Crippen LogP contribution is -2.21. The van der Waals surface area contributed by atoms with Crippen molar-refractivity contribution in [2.24, 2.45) is 0 Å². The lowest BCUT2D eigenvalue weighted by Gasteiger charge is -2.09. The molecule has 6 heteroatoms. The van der Waals surface area contributed by atoms with Gasteiger partial charge in [0, 0.05) is 23.4 Å². The summed E-state index contributed by atoms with van der Waals surface area (Å²) >= 11 is 3.31. The summed E-state index contributed by atoms with van der Waals surface area (Å²) in [5, 5.41) is 0. The van der Waals surface area contributed by atoms with Crippen LogP contribution in [-0.4, -0.2) is 9.55 Å². The van der Waals surface area contributed by atoms with Gasteiger partial charge in [-0.25, -0.2) is 4.98 Å². The number of rotatable bonds is 4. The number of nitrogens with two attached hydrogens (primary N) is 1. The zero-order valence-electron chi connectivity index (χ0n) is 10.5. The average molecular weight is 324 g/mol. The number of benzene rings is 1. The van der Waals surface area contributed by atoms with Crippen molar-refractivity contribution in [2.45, 2.75) is 19.9 Å². The van der Waals surface area contributed by atoms with Crippen LogP contribution in [0.15, 0.2) is 39.9 Å². The van der Waals surface area contributed by atoms with E-state index in [0.29, 0.717) is 18.0 Å². The van der Waals surface area contributed by atoms with Gasteiger partial charge in [0.25, 0.3) is 5.88 Å². The Bertz CT molecular complexity index is 640. The molecule has 2 aromatic rings. The number of ether oxygens (including phenoxy) is 1. The Labute approximate surface area is 119 Å². The molecule has 0 radical (unpaired) electrons. The molecule has 0 saturated heterocycles. The van der Waals surface area contributed by atoms with Crippen LogP contribution >= 0.6 is 15.9 Å². The maximum Gasteiger partial charge on any atom is 0.313 e. The summed E-state index contributed by atoms with van der Waals surface area (Å²) in [4.78, 5) is 16.0. The van der Waals surface area contributed by atoms with Gasteiger partial charge in [0.1, 0.15) is 0 Å². The number of halogens is 1. The maximum absolute atomic E-state index is 12.1. The highest BCUT2D eigenvalue weighted by molar-refractivity contribution is 9.10. The predicted molar refractivity (Wildman–Crippen MR) is 77.4 cm³/mol. The number of hydrogen-bond donors (Lipinski definition) is 1. The molecule has 0 saturated carbocycles. The molecule has 0 unspecified atom stereocenters. The molecule has 0 aliphatic rings. The van der Waals surface area contributed by atoms with Gasteiger partial charge in [0.2, 0.25) is 0 Å². The summed E-state index contributed by atoms with van der Waals surface area (Å²) in [5.41, 5.74) is 6.01. The third-order valence-electron chi connectivity index (χ3n) is 2.53. The summed E-state index contributed by atoms with van der Waals surface area (Å²) in [6.07, 6.45) is 4.05. The number of nitrogens with zero attached hydrogens (tertiary/aromatic N) is 2. The Kier molecular flexibility index (Phi) is 4.21. The first kappa shape index (κ1) is 13.6. The minimum absolute atomic E-state index is 0.0324. The molecule has 1 aromatic heterocycles. The second kappa shape index (κ2) is 5.88. The van der Waals surface area contributed by atoms with Crippen molar-refractivity contribution in [2.75, 3.05) is 5.73 Å². The number of hydrogen-bond acceptors (Lipinski definition) is 4. The van der Waals surface area contributed by atoms with Crippen molar-refractivity contribution >= 4 is 21.6 Å². The molecule has 0 bridgehead atoms. The molecule has 2 N–H and O–H groups in total. The van der Waals surface area contributed by atoms with Crippen LogP contribution in [0.25, 0.3) is 0 Å². The smallest absolute Gasteiger partial charge is 0.313 e. The van der Waals surface area contributed by atoms with Crippen LogP contribution < -0.4 is 16.0 Å². The van der Waals surface area contributed by atoms with Gasteiger partial charge in [-0.3, -0.25) is 4.79 Å². The molecule has 0 aliphatic carbocycles. The van der Waals surface area contributed by atoms with Gasteiger partial charge in [-0.05, 0) is 24.6 Å². The molecule has 5 nitrogen and oxygen atoms in total. The Balaban J connectivity index is 2.33. The topological polar surface area (TPSA) is 70.1 Å². The standard InChI is InChI=1S/C13H14BrN3O2/c1-2-6-17-7-5-16-12(13(17)18)19-11-4-3-9(14)8-10(11)15/h3-5,7-8H,2,6,15H2,1H3. The number of aryl methyl sites for hydroxylation is 1. The van der Waals surface area contributed by atoms with E-state index in [0.717, 1.165) is 10.9 Å². The fourth-order valence-electron chi connectivity index (χ4n) is 1.63. The summed E-state index contributed by atoms with van der Waals surface area (Å²) in [6, 6.07) is 5.19. The van der Waals surface area contributed by atoms with Crippen LogP contribution in [0.5, 0.6) is 11.6 Å². The Hall–Kier alpha value is -1.82. The van der Waals surface area contributed by atoms with Gasteiger partial charge in [0.05, 0.1) is 5.69 Å². The van der Waals surface area contributed by atoms with E-state index in [2.05, 4.69) is 20.9 Å². The highest BCUT2D eigenvalue weighted by Crippen LogP contribution is 2.27. The number of anilines is 1. The zero-order chi connectivity index (χ0) is 13.8. The van der Waals surface area contributed by atoms with E-state index in [1.54, 1.807) is 35.2 Å². The normalized spacial score (nSPS) is 10.4. The van der Waals surface area contributed by atoms with Gasteiger partial charge in [-0.1, -0.05) is 22.9 Å². The third kappa shape index (κ3) is 3.14. The summed E-state index contributed by atoms with van der Waals surface area (Å²) in [6.45, 7) is 2.63. The molecule has 0 atom stereocenters.